The Morgan fingerprint density at radius 2 is 1.88 bits per heavy atom. The molecule has 0 aliphatic heterocycles. The second-order valence-electron chi connectivity index (χ2n) is 5.57. The highest BCUT2D eigenvalue weighted by Crippen LogP contribution is 2.27. The number of hydrogen-bond donors (Lipinski definition) is 1. The third kappa shape index (κ3) is 3.15. The van der Waals surface area contributed by atoms with E-state index in [0.717, 1.165) is 28.1 Å². The number of nitrogens with one attached hydrogen (secondary N) is 1. The van der Waals surface area contributed by atoms with Gasteiger partial charge >= 0.3 is 0 Å². The van der Waals surface area contributed by atoms with E-state index in [2.05, 4.69) is 10.5 Å². The van der Waals surface area contributed by atoms with Crippen molar-refractivity contribution in [2.75, 3.05) is 12.4 Å². The van der Waals surface area contributed by atoms with Crippen molar-refractivity contribution in [3.05, 3.63) is 65.4 Å². The standard InChI is InChI=1S/C19H18N2O3/c1-12-4-5-13(2)17(10-12)21-19(22)16-11-20-24-18(16)14-6-8-15(23-3)9-7-14/h4-11H,1-3H3,(H,21,22). The van der Waals surface area contributed by atoms with Gasteiger partial charge in [0.05, 0.1) is 13.3 Å². The summed E-state index contributed by atoms with van der Waals surface area (Å²) >= 11 is 0. The summed E-state index contributed by atoms with van der Waals surface area (Å²) in [7, 11) is 1.60. The zero-order valence-corrected chi connectivity index (χ0v) is 13.8. The van der Waals surface area contributed by atoms with E-state index in [0.29, 0.717) is 11.3 Å². The summed E-state index contributed by atoms with van der Waals surface area (Å²) in [5.74, 6) is 0.913. The molecule has 0 saturated heterocycles. The highest BCUT2D eigenvalue weighted by atomic mass is 16.5. The number of carbonyl (C=O) groups excluding carboxylic acids is 1. The summed E-state index contributed by atoms with van der Waals surface area (Å²) in [6.07, 6.45) is 1.43. The van der Waals surface area contributed by atoms with E-state index in [-0.39, 0.29) is 5.91 Å². The van der Waals surface area contributed by atoms with Crippen molar-refractivity contribution in [3.8, 4) is 17.1 Å². The zero-order valence-electron chi connectivity index (χ0n) is 13.8. The Balaban J connectivity index is 1.88. The first-order valence-corrected chi connectivity index (χ1v) is 7.56. The van der Waals surface area contributed by atoms with Crippen LogP contribution in [-0.4, -0.2) is 18.2 Å². The van der Waals surface area contributed by atoms with Gasteiger partial charge in [-0.1, -0.05) is 17.3 Å². The monoisotopic (exact) mass is 322 g/mol. The van der Waals surface area contributed by atoms with Gasteiger partial charge < -0.3 is 14.6 Å². The average Bonchev–Trinajstić information content (AvgIpc) is 3.08. The first-order valence-electron chi connectivity index (χ1n) is 7.56. The van der Waals surface area contributed by atoms with Crippen LogP contribution in [0.15, 0.2) is 53.2 Å². The van der Waals surface area contributed by atoms with Crippen LogP contribution in [0.1, 0.15) is 21.5 Å². The van der Waals surface area contributed by atoms with Gasteiger partial charge in [-0.25, -0.2) is 0 Å². The van der Waals surface area contributed by atoms with Gasteiger partial charge in [0.15, 0.2) is 5.76 Å². The second-order valence-corrected chi connectivity index (χ2v) is 5.57. The van der Waals surface area contributed by atoms with Gasteiger partial charge in [0.2, 0.25) is 0 Å². The SMILES string of the molecule is COc1ccc(-c2oncc2C(=O)Nc2cc(C)ccc2C)cc1. The third-order valence-electron chi connectivity index (χ3n) is 3.81. The third-order valence-corrected chi connectivity index (χ3v) is 3.81. The Hall–Kier alpha value is -3.08. The smallest absolute Gasteiger partial charge is 0.261 e. The number of ether oxygens (including phenoxy) is 1. The number of amides is 1. The van der Waals surface area contributed by atoms with Crippen molar-refractivity contribution in [2.45, 2.75) is 13.8 Å². The number of hydrogen-bond acceptors (Lipinski definition) is 4. The Morgan fingerprint density at radius 3 is 2.58 bits per heavy atom. The van der Waals surface area contributed by atoms with Crippen molar-refractivity contribution in [2.24, 2.45) is 0 Å². The Kier molecular flexibility index (Phi) is 4.33. The number of carbonyl (C=O) groups is 1. The Bertz CT molecular complexity index is 867. The van der Waals surface area contributed by atoms with Crippen LogP contribution in [0.5, 0.6) is 5.75 Å². The van der Waals surface area contributed by atoms with Crippen LogP contribution in [0.2, 0.25) is 0 Å². The lowest BCUT2D eigenvalue weighted by molar-refractivity contribution is 0.102. The van der Waals surface area contributed by atoms with Crippen molar-refractivity contribution < 1.29 is 14.1 Å². The first-order chi connectivity index (χ1) is 11.6. The highest BCUT2D eigenvalue weighted by molar-refractivity contribution is 6.08. The molecule has 2 aromatic carbocycles. The lowest BCUT2D eigenvalue weighted by atomic mass is 10.1. The van der Waals surface area contributed by atoms with Gasteiger partial charge in [0.1, 0.15) is 11.3 Å². The van der Waals surface area contributed by atoms with E-state index in [1.165, 1.54) is 6.20 Å². The summed E-state index contributed by atoms with van der Waals surface area (Å²) in [5, 5.41) is 6.70. The summed E-state index contributed by atoms with van der Waals surface area (Å²) in [6, 6.07) is 13.2. The quantitative estimate of drug-likeness (QED) is 0.781. The molecular formula is C19H18N2O3. The molecule has 1 aromatic heterocycles. The lowest BCUT2D eigenvalue weighted by Gasteiger charge is -2.09. The molecule has 5 heteroatoms. The fraction of sp³-hybridized carbons (Fsp3) is 0.158. The molecule has 122 valence electrons. The van der Waals surface area contributed by atoms with Gasteiger partial charge in [-0.2, -0.15) is 0 Å². The summed E-state index contributed by atoms with van der Waals surface area (Å²) in [5.41, 5.74) is 4.01. The van der Waals surface area contributed by atoms with E-state index < -0.39 is 0 Å². The van der Waals surface area contributed by atoms with E-state index in [4.69, 9.17) is 9.26 Å². The second kappa shape index (κ2) is 6.58. The van der Waals surface area contributed by atoms with Crippen LogP contribution in [-0.2, 0) is 0 Å². The molecule has 1 heterocycles. The fourth-order valence-corrected chi connectivity index (χ4v) is 2.41. The van der Waals surface area contributed by atoms with Gasteiger partial charge in [0, 0.05) is 11.3 Å². The molecule has 1 N–H and O–H groups in total. The molecule has 0 spiro atoms. The van der Waals surface area contributed by atoms with Gasteiger partial charge in [-0.05, 0) is 55.3 Å². The highest BCUT2D eigenvalue weighted by Gasteiger charge is 2.18. The molecule has 0 fully saturated rings. The zero-order chi connectivity index (χ0) is 17.1. The van der Waals surface area contributed by atoms with Crippen molar-refractivity contribution in [1.29, 1.82) is 0 Å². The van der Waals surface area contributed by atoms with Crippen LogP contribution in [0.25, 0.3) is 11.3 Å². The normalized spacial score (nSPS) is 10.5. The molecule has 0 radical (unpaired) electrons. The van der Waals surface area contributed by atoms with Crippen LogP contribution in [0, 0.1) is 13.8 Å². The molecule has 0 atom stereocenters. The molecule has 0 aliphatic rings. The molecule has 3 aromatic rings. The van der Waals surface area contributed by atoms with E-state index in [1.807, 2.05) is 56.3 Å². The maximum Gasteiger partial charge on any atom is 0.261 e. The number of benzene rings is 2. The molecule has 24 heavy (non-hydrogen) atoms. The van der Waals surface area contributed by atoms with Gasteiger partial charge in [-0.15, -0.1) is 0 Å². The minimum atomic E-state index is -0.254. The topological polar surface area (TPSA) is 64.4 Å². The van der Waals surface area contributed by atoms with Crippen LogP contribution in [0.4, 0.5) is 5.69 Å². The summed E-state index contributed by atoms with van der Waals surface area (Å²) < 4.78 is 10.4. The molecular weight excluding hydrogens is 304 g/mol. The molecule has 1 amide bonds. The summed E-state index contributed by atoms with van der Waals surface area (Å²) in [4.78, 5) is 12.6. The van der Waals surface area contributed by atoms with Crippen molar-refractivity contribution in [1.82, 2.24) is 5.16 Å². The molecule has 3 rings (SSSR count). The predicted molar refractivity (Wildman–Crippen MR) is 92.4 cm³/mol. The van der Waals surface area contributed by atoms with Gasteiger partial charge in [0.25, 0.3) is 5.91 Å². The Labute approximate surface area is 140 Å². The average molecular weight is 322 g/mol. The molecule has 5 nitrogen and oxygen atoms in total. The van der Waals surface area contributed by atoms with Gasteiger partial charge in [-0.3, -0.25) is 4.79 Å². The number of aryl methyl sites for hydroxylation is 2. The number of methoxy groups -OCH3 is 1. The number of nitrogens with zero attached hydrogens (tertiary/aromatic N) is 1. The maximum absolute atomic E-state index is 12.6. The van der Waals surface area contributed by atoms with E-state index >= 15 is 0 Å². The fourth-order valence-electron chi connectivity index (χ4n) is 2.41. The van der Waals surface area contributed by atoms with Crippen LogP contribution >= 0.6 is 0 Å². The number of rotatable bonds is 4. The molecule has 0 bridgehead atoms. The number of aromatic nitrogens is 1. The number of anilines is 1. The van der Waals surface area contributed by atoms with E-state index in [1.54, 1.807) is 7.11 Å². The molecule has 0 aliphatic carbocycles. The first kappa shape index (κ1) is 15.8. The lowest BCUT2D eigenvalue weighted by Crippen LogP contribution is -2.13. The van der Waals surface area contributed by atoms with Crippen molar-refractivity contribution in [3.63, 3.8) is 0 Å². The summed E-state index contributed by atoms with van der Waals surface area (Å²) in [6.45, 7) is 3.93. The van der Waals surface area contributed by atoms with Crippen LogP contribution < -0.4 is 10.1 Å². The van der Waals surface area contributed by atoms with Crippen molar-refractivity contribution >= 4 is 11.6 Å². The maximum atomic E-state index is 12.6. The predicted octanol–water partition coefficient (Wildman–Crippen LogP) is 4.22. The van der Waals surface area contributed by atoms with Crippen LogP contribution in [0.3, 0.4) is 0 Å². The molecule has 0 saturated carbocycles. The Morgan fingerprint density at radius 1 is 1.12 bits per heavy atom. The minimum absolute atomic E-state index is 0.254. The minimum Gasteiger partial charge on any atom is -0.497 e. The largest absolute Gasteiger partial charge is 0.497 e. The molecule has 0 unspecified atom stereocenters. The van der Waals surface area contributed by atoms with E-state index in [9.17, 15) is 4.79 Å².